The molecule has 2 heterocycles. The van der Waals surface area contributed by atoms with Crippen molar-refractivity contribution in [1.29, 1.82) is 0 Å². The number of methoxy groups -OCH3 is 1. The number of nitrogens with zero attached hydrogens (tertiary/aromatic N) is 3. The predicted molar refractivity (Wildman–Crippen MR) is 105 cm³/mol. The van der Waals surface area contributed by atoms with Crippen LogP contribution in [0, 0.1) is 0 Å². The molecule has 2 aliphatic rings. The number of piperidine rings is 1. The molecule has 1 saturated heterocycles. The normalized spacial score (nSPS) is 21.9. The van der Waals surface area contributed by atoms with E-state index in [2.05, 4.69) is 15.5 Å². The molecule has 168 valence electrons. The van der Waals surface area contributed by atoms with Gasteiger partial charge in [-0.25, -0.2) is 4.79 Å². The van der Waals surface area contributed by atoms with Gasteiger partial charge in [0.15, 0.2) is 5.82 Å². The first kappa shape index (κ1) is 21.6. The highest BCUT2D eigenvalue weighted by Gasteiger charge is 2.37. The van der Waals surface area contributed by atoms with Crippen LogP contribution >= 0.6 is 0 Å². The first-order valence-corrected chi connectivity index (χ1v) is 10.4. The minimum atomic E-state index is -4.39. The van der Waals surface area contributed by atoms with Crippen LogP contribution in [0.5, 0.6) is 0 Å². The summed E-state index contributed by atoms with van der Waals surface area (Å²) in [4.78, 5) is 18.9. The molecule has 1 saturated carbocycles. The van der Waals surface area contributed by atoms with Crippen LogP contribution < -0.4 is 5.32 Å². The highest BCUT2D eigenvalue weighted by molar-refractivity contribution is 5.74. The summed E-state index contributed by atoms with van der Waals surface area (Å²) in [6.07, 6.45) is -1.68. The highest BCUT2D eigenvalue weighted by Crippen LogP contribution is 2.40. The van der Waals surface area contributed by atoms with Gasteiger partial charge < -0.3 is 19.5 Å². The largest absolute Gasteiger partial charge is 0.416 e. The monoisotopic (exact) mass is 438 g/mol. The number of urea groups is 1. The van der Waals surface area contributed by atoms with Crippen molar-refractivity contribution in [2.24, 2.45) is 0 Å². The Kier molecular flexibility index (Phi) is 6.17. The zero-order chi connectivity index (χ0) is 22.0. The lowest BCUT2D eigenvalue weighted by Crippen LogP contribution is -2.48. The van der Waals surface area contributed by atoms with Crippen LogP contribution in [0.25, 0.3) is 0 Å². The van der Waals surface area contributed by atoms with Gasteiger partial charge in [0.25, 0.3) is 0 Å². The number of aromatic nitrogens is 2. The lowest BCUT2D eigenvalue weighted by Gasteiger charge is -2.36. The molecule has 0 radical (unpaired) electrons. The van der Waals surface area contributed by atoms with Gasteiger partial charge in [-0.05, 0) is 37.0 Å². The number of hydrogen-bond acceptors (Lipinski definition) is 5. The molecule has 1 aliphatic heterocycles. The van der Waals surface area contributed by atoms with Crippen molar-refractivity contribution in [2.75, 3.05) is 33.4 Å². The number of hydrogen-bond donors (Lipinski definition) is 1. The van der Waals surface area contributed by atoms with E-state index in [1.165, 1.54) is 12.1 Å². The van der Waals surface area contributed by atoms with Crippen molar-refractivity contribution in [3.05, 3.63) is 47.1 Å². The topological polar surface area (TPSA) is 80.5 Å². The second-order valence-corrected chi connectivity index (χ2v) is 8.14. The van der Waals surface area contributed by atoms with Crippen LogP contribution in [0.3, 0.4) is 0 Å². The summed E-state index contributed by atoms with van der Waals surface area (Å²) in [6, 6.07) is 4.89. The summed E-state index contributed by atoms with van der Waals surface area (Å²) in [5, 5.41) is 6.88. The summed E-state index contributed by atoms with van der Waals surface area (Å²) < 4.78 is 49.3. The first-order chi connectivity index (χ1) is 14.8. The molecule has 2 aromatic rings. The molecule has 2 atom stereocenters. The third-order valence-corrected chi connectivity index (χ3v) is 5.78. The third kappa shape index (κ3) is 5.17. The Labute approximate surface area is 177 Å². The van der Waals surface area contributed by atoms with Crippen LogP contribution in [0.1, 0.15) is 59.9 Å². The first-order valence-electron chi connectivity index (χ1n) is 10.4. The van der Waals surface area contributed by atoms with Crippen LogP contribution in [0.2, 0.25) is 0 Å². The fraction of sp³-hybridized carbons (Fsp3) is 0.571. The van der Waals surface area contributed by atoms with Gasteiger partial charge in [-0.2, -0.15) is 18.2 Å². The highest BCUT2D eigenvalue weighted by atomic mass is 19.4. The van der Waals surface area contributed by atoms with Crippen molar-refractivity contribution < 1.29 is 27.2 Å². The van der Waals surface area contributed by atoms with E-state index < -0.39 is 11.7 Å². The van der Waals surface area contributed by atoms with Crippen LogP contribution in [0.15, 0.2) is 28.8 Å². The van der Waals surface area contributed by atoms with Gasteiger partial charge >= 0.3 is 12.2 Å². The summed E-state index contributed by atoms with van der Waals surface area (Å²) in [5.41, 5.74) is 0.0538. The van der Waals surface area contributed by atoms with Gasteiger partial charge in [0.05, 0.1) is 18.1 Å². The Hall–Kier alpha value is -2.62. The van der Waals surface area contributed by atoms with Crippen molar-refractivity contribution in [2.45, 2.75) is 43.2 Å². The second kappa shape index (κ2) is 8.86. The molecule has 0 bridgehead atoms. The SMILES string of the molecule is COCCNC(=O)N1CC(c2ccc(C(F)(F)F)cc2)CC(c2nc(C3CC3)no2)C1. The molecular formula is C21H25F3N4O3. The van der Waals surface area contributed by atoms with E-state index in [0.717, 1.165) is 30.5 Å². The van der Waals surface area contributed by atoms with Crippen molar-refractivity contribution in [3.63, 3.8) is 0 Å². The van der Waals surface area contributed by atoms with E-state index in [1.54, 1.807) is 12.0 Å². The average Bonchev–Trinajstić information content (AvgIpc) is 3.49. The number of carbonyl (C=O) groups excluding carboxylic acids is 1. The molecule has 7 nitrogen and oxygen atoms in total. The molecular weight excluding hydrogens is 413 g/mol. The van der Waals surface area contributed by atoms with E-state index in [-0.39, 0.29) is 17.9 Å². The molecule has 4 rings (SSSR count). The van der Waals surface area contributed by atoms with Gasteiger partial charge in [0.1, 0.15) is 0 Å². The molecule has 1 aromatic heterocycles. The van der Waals surface area contributed by atoms with Gasteiger partial charge in [0.2, 0.25) is 5.89 Å². The number of nitrogens with one attached hydrogen (secondary N) is 1. The maximum atomic E-state index is 12.9. The van der Waals surface area contributed by atoms with E-state index in [1.807, 2.05) is 0 Å². The van der Waals surface area contributed by atoms with Gasteiger partial charge in [-0.15, -0.1) is 0 Å². The van der Waals surface area contributed by atoms with Crippen molar-refractivity contribution in [1.82, 2.24) is 20.4 Å². The number of likely N-dealkylation sites (tertiary alicyclic amines) is 1. The van der Waals surface area contributed by atoms with E-state index in [4.69, 9.17) is 9.26 Å². The Bertz CT molecular complexity index is 896. The number of halogens is 3. The third-order valence-electron chi connectivity index (χ3n) is 5.78. The number of carbonyl (C=O) groups is 1. The number of benzene rings is 1. The van der Waals surface area contributed by atoms with Crippen LogP contribution in [-0.2, 0) is 10.9 Å². The predicted octanol–water partition coefficient (Wildman–Crippen LogP) is 3.89. The summed E-state index contributed by atoms with van der Waals surface area (Å²) in [6.45, 7) is 1.56. The maximum absolute atomic E-state index is 12.9. The van der Waals surface area contributed by atoms with Crippen LogP contribution in [0.4, 0.5) is 18.0 Å². The fourth-order valence-corrected chi connectivity index (χ4v) is 3.92. The molecule has 0 spiro atoms. The van der Waals surface area contributed by atoms with Crippen LogP contribution in [-0.4, -0.2) is 54.4 Å². The average molecular weight is 438 g/mol. The van der Waals surface area contributed by atoms with Gasteiger partial charge in [-0.1, -0.05) is 17.3 Å². The van der Waals surface area contributed by atoms with E-state index in [0.29, 0.717) is 50.3 Å². The summed E-state index contributed by atoms with van der Waals surface area (Å²) in [5.74, 6) is 1.19. The molecule has 1 aromatic carbocycles. The number of rotatable bonds is 6. The maximum Gasteiger partial charge on any atom is 0.416 e. The lowest BCUT2D eigenvalue weighted by molar-refractivity contribution is -0.137. The smallest absolute Gasteiger partial charge is 0.383 e. The molecule has 2 unspecified atom stereocenters. The summed E-state index contributed by atoms with van der Waals surface area (Å²) in [7, 11) is 1.55. The lowest BCUT2D eigenvalue weighted by atomic mass is 9.84. The molecule has 1 aliphatic carbocycles. The Morgan fingerprint density at radius 3 is 2.55 bits per heavy atom. The van der Waals surface area contributed by atoms with Crippen molar-refractivity contribution in [3.8, 4) is 0 Å². The summed E-state index contributed by atoms with van der Waals surface area (Å²) >= 11 is 0. The Balaban J connectivity index is 1.53. The molecule has 1 N–H and O–H groups in total. The van der Waals surface area contributed by atoms with Gasteiger partial charge in [-0.3, -0.25) is 0 Å². The number of amides is 2. The fourth-order valence-electron chi connectivity index (χ4n) is 3.92. The van der Waals surface area contributed by atoms with E-state index >= 15 is 0 Å². The Morgan fingerprint density at radius 1 is 1.19 bits per heavy atom. The zero-order valence-corrected chi connectivity index (χ0v) is 17.2. The molecule has 31 heavy (non-hydrogen) atoms. The number of ether oxygens (including phenoxy) is 1. The minimum absolute atomic E-state index is 0.148. The second-order valence-electron chi connectivity index (χ2n) is 8.14. The minimum Gasteiger partial charge on any atom is -0.383 e. The quantitative estimate of drug-likeness (QED) is 0.692. The zero-order valence-electron chi connectivity index (χ0n) is 17.2. The molecule has 2 amide bonds. The van der Waals surface area contributed by atoms with E-state index in [9.17, 15) is 18.0 Å². The number of alkyl halides is 3. The molecule has 2 fully saturated rings. The Morgan fingerprint density at radius 2 is 1.90 bits per heavy atom. The van der Waals surface area contributed by atoms with Gasteiger partial charge in [0, 0.05) is 38.6 Å². The van der Waals surface area contributed by atoms with Crippen molar-refractivity contribution >= 4 is 6.03 Å². The standard InChI is InChI=1S/C21H25F3N4O3/c1-30-9-8-25-20(29)28-11-15(13-4-6-17(7-5-13)21(22,23)24)10-16(12-28)19-26-18(27-31-19)14-2-3-14/h4-7,14-16H,2-3,8-12H2,1H3,(H,25,29). The molecule has 10 heteroatoms.